The van der Waals surface area contributed by atoms with Gasteiger partial charge < -0.3 is 4.74 Å². The van der Waals surface area contributed by atoms with Crippen LogP contribution >= 0.6 is 11.8 Å². The van der Waals surface area contributed by atoms with Crippen LogP contribution in [0.5, 0.6) is 5.75 Å². The molecule has 2 heterocycles. The number of fused-ring (bicyclic) bond motifs is 1. The van der Waals surface area contributed by atoms with Crippen molar-refractivity contribution in [3.63, 3.8) is 0 Å². The van der Waals surface area contributed by atoms with Crippen molar-refractivity contribution in [2.24, 2.45) is 14.1 Å². The molecule has 1 unspecified atom stereocenters. The highest BCUT2D eigenvalue weighted by Gasteiger charge is 2.24. The highest BCUT2D eigenvalue weighted by Crippen LogP contribution is 2.31. The van der Waals surface area contributed by atoms with E-state index in [2.05, 4.69) is 17.5 Å². The van der Waals surface area contributed by atoms with E-state index in [0.29, 0.717) is 18.1 Å². The fourth-order valence-electron chi connectivity index (χ4n) is 3.04. The van der Waals surface area contributed by atoms with Gasteiger partial charge in [-0.1, -0.05) is 36.9 Å². The zero-order valence-electron chi connectivity index (χ0n) is 14.7. The highest BCUT2D eigenvalue weighted by atomic mass is 32.2. The maximum atomic E-state index is 12.5. The van der Waals surface area contributed by atoms with Crippen molar-refractivity contribution in [3.05, 3.63) is 67.8 Å². The Labute approximate surface area is 150 Å². The summed E-state index contributed by atoms with van der Waals surface area (Å²) >= 11 is 1.66. The molecule has 25 heavy (non-hydrogen) atoms. The van der Waals surface area contributed by atoms with Gasteiger partial charge in [-0.2, -0.15) is 0 Å². The van der Waals surface area contributed by atoms with E-state index < -0.39 is 0 Å². The Morgan fingerprint density at radius 1 is 1.16 bits per heavy atom. The Bertz CT molecular complexity index is 913. The molecule has 6 heteroatoms. The van der Waals surface area contributed by atoms with Gasteiger partial charge in [-0.3, -0.25) is 13.9 Å². The molecular formula is C19H22N2O3S. The second-order valence-electron chi connectivity index (χ2n) is 6.36. The number of hydrogen-bond acceptors (Lipinski definition) is 4. The van der Waals surface area contributed by atoms with Crippen LogP contribution in [0.15, 0.2) is 55.8 Å². The molecule has 3 rings (SSSR count). The summed E-state index contributed by atoms with van der Waals surface area (Å²) < 4.78 is 8.52. The summed E-state index contributed by atoms with van der Waals surface area (Å²) in [7, 11) is 3.18. The summed E-state index contributed by atoms with van der Waals surface area (Å²) in [6.45, 7) is 2.40. The zero-order chi connectivity index (χ0) is 18.0. The predicted molar refractivity (Wildman–Crippen MR) is 100 cm³/mol. The first kappa shape index (κ1) is 17.6. The number of ether oxygens (including phenoxy) is 1. The highest BCUT2D eigenvalue weighted by molar-refractivity contribution is 8.02. The molecule has 1 aromatic heterocycles. The molecule has 0 N–H and O–H groups in total. The Morgan fingerprint density at radius 3 is 2.60 bits per heavy atom. The molecule has 0 fully saturated rings. The fourth-order valence-corrected chi connectivity index (χ4v) is 3.84. The lowest BCUT2D eigenvalue weighted by atomic mass is 9.96. The van der Waals surface area contributed by atoms with E-state index >= 15 is 0 Å². The van der Waals surface area contributed by atoms with Gasteiger partial charge in [-0.05, 0) is 36.0 Å². The van der Waals surface area contributed by atoms with E-state index in [0.717, 1.165) is 23.0 Å². The predicted octanol–water partition coefficient (Wildman–Crippen LogP) is 3.04. The van der Waals surface area contributed by atoms with Crippen molar-refractivity contribution in [3.8, 4) is 5.75 Å². The van der Waals surface area contributed by atoms with Crippen LogP contribution in [0, 0.1) is 0 Å². The third kappa shape index (κ3) is 3.58. The first-order chi connectivity index (χ1) is 12.0. The third-order valence-corrected chi connectivity index (χ3v) is 5.53. The largest absolute Gasteiger partial charge is 0.482 e. The number of nitrogens with zero attached hydrogens (tertiary/aromatic N) is 2. The first-order valence-corrected chi connectivity index (χ1v) is 9.19. The topological polar surface area (TPSA) is 53.2 Å². The van der Waals surface area contributed by atoms with Crippen molar-refractivity contribution in [1.29, 1.82) is 0 Å². The molecule has 0 saturated heterocycles. The van der Waals surface area contributed by atoms with Gasteiger partial charge in [0.25, 0.3) is 5.56 Å². The van der Waals surface area contributed by atoms with Gasteiger partial charge in [0.2, 0.25) is 5.75 Å². The molecule has 0 amide bonds. The molecule has 1 atom stereocenters. The molecule has 0 spiro atoms. The SMILES string of the molecule is CC1CCC(=CSc2ccccc2)COc2c1n(C)c(=O)n(C)c2=O. The Hall–Kier alpha value is -2.21. The second kappa shape index (κ2) is 7.35. The van der Waals surface area contributed by atoms with E-state index in [1.807, 2.05) is 25.1 Å². The van der Waals surface area contributed by atoms with Gasteiger partial charge in [-0.25, -0.2) is 4.79 Å². The molecule has 2 aromatic rings. The van der Waals surface area contributed by atoms with Gasteiger partial charge in [0, 0.05) is 24.9 Å². The molecule has 0 saturated carbocycles. The van der Waals surface area contributed by atoms with Gasteiger partial charge in [0.1, 0.15) is 6.61 Å². The Morgan fingerprint density at radius 2 is 1.88 bits per heavy atom. The average molecular weight is 358 g/mol. The van der Waals surface area contributed by atoms with Gasteiger partial charge >= 0.3 is 5.69 Å². The van der Waals surface area contributed by atoms with Crippen molar-refractivity contribution in [2.75, 3.05) is 6.61 Å². The number of benzene rings is 1. The van der Waals surface area contributed by atoms with Gasteiger partial charge in [0.05, 0.1) is 5.69 Å². The Balaban J connectivity index is 1.91. The minimum absolute atomic E-state index is 0.0759. The first-order valence-electron chi connectivity index (χ1n) is 8.31. The molecule has 1 aliphatic heterocycles. The zero-order valence-corrected chi connectivity index (χ0v) is 15.5. The molecule has 1 aliphatic rings. The monoisotopic (exact) mass is 358 g/mol. The summed E-state index contributed by atoms with van der Waals surface area (Å²) in [5, 5.41) is 2.11. The smallest absolute Gasteiger partial charge is 0.330 e. The normalized spacial score (nSPS) is 19.0. The van der Waals surface area contributed by atoms with Crippen LogP contribution in [0.3, 0.4) is 0 Å². The second-order valence-corrected chi connectivity index (χ2v) is 7.30. The van der Waals surface area contributed by atoms with E-state index in [1.165, 1.54) is 16.5 Å². The number of hydrogen-bond donors (Lipinski definition) is 0. The van der Waals surface area contributed by atoms with Gasteiger partial charge in [0.15, 0.2) is 0 Å². The molecule has 0 bridgehead atoms. The lowest BCUT2D eigenvalue weighted by Gasteiger charge is -2.24. The van der Waals surface area contributed by atoms with Crippen LogP contribution in [-0.2, 0) is 14.1 Å². The van der Waals surface area contributed by atoms with E-state index in [1.54, 1.807) is 18.8 Å². The van der Waals surface area contributed by atoms with Crippen LogP contribution in [-0.4, -0.2) is 15.7 Å². The van der Waals surface area contributed by atoms with Crippen LogP contribution in [0.25, 0.3) is 0 Å². The Kier molecular flexibility index (Phi) is 5.18. The maximum absolute atomic E-state index is 12.5. The van der Waals surface area contributed by atoms with Gasteiger partial charge in [-0.15, -0.1) is 0 Å². The third-order valence-electron chi connectivity index (χ3n) is 4.54. The standard InChI is InChI=1S/C19H22N2O3S/c1-13-9-10-14(12-25-15-7-5-4-6-8-15)11-24-17-16(13)20(2)19(23)21(3)18(17)22/h4-8,12-13H,9-11H2,1-3H3. The van der Waals surface area contributed by atoms with Crippen molar-refractivity contribution in [2.45, 2.75) is 30.6 Å². The number of aromatic nitrogens is 2. The summed E-state index contributed by atoms with van der Waals surface area (Å²) in [5.74, 6) is 0.374. The van der Waals surface area contributed by atoms with Crippen molar-refractivity contribution < 1.29 is 4.74 Å². The van der Waals surface area contributed by atoms with Crippen LogP contribution in [0.4, 0.5) is 0 Å². The van der Waals surface area contributed by atoms with Crippen LogP contribution in [0.2, 0.25) is 0 Å². The van der Waals surface area contributed by atoms with Crippen LogP contribution in [0.1, 0.15) is 31.4 Å². The van der Waals surface area contributed by atoms with E-state index in [-0.39, 0.29) is 17.2 Å². The molecule has 5 nitrogen and oxygen atoms in total. The lowest BCUT2D eigenvalue weighted by molar-refractivity contribution is 0.313. The average Bonchev–Trinajstić information content (AvgIpc) is 2.62. The number of rotatable bonds is 2. The summed E-state index contributed by atoms with van der Waals surface area (Å²) in [6, 6.07) is 10.1. The number of thioether (sulfide) groups is 1. The molecular weight excluding hydrogens is 336 g/mol. The minimum atomic E-state index is -0.359. The van der Waals surface area contributed by atoms with E-state index in [9.17, 15) is 9.59 Å². The molecule has 0 radical (unpaired) electrons. The molecule has 1 aromatic carbocycles. The summed E-state index contributed by atoms with van der Waals surface area (Å²) in [4.78, 5) is 25.8. The van der Waals surface area contributed by atoms with E-state index in [4.69, 9.17) is 4.74 Å². The summed E-state index contributed by atoms with van der Waals surface area (Å²) in [6.07, 6.45) is 1.75. The molecule has 0 aliphatic carbocycles. The lowest BCUT2D eigenvalue weighted by Crippen LogP contribution is -2.40. The summed E-state index contributed by atoms with van der Waals surface area (Å²) in [5.41, 5.74) is 1.18. The molecule has 132 valence electrons. The minimum Gasteiger partial charge on any atom is -0.482 e. The fraction of sp³-hybridized carbons (Fsp3) is 0.368. The quantitative estimate of drug-likeness (QED) is 0.775. The van der Waals surface area contributed by atoms with Crippen LogP contribution < -0.4 is 16.0 Å². The van der Waals surface area contributed by atoms with Crippen molar-refractivity contribution in [1.82, 2.24) is 9.13 Å². The maximum Gasteiger partial charge on any atom is 0.330 e. The van der Waals surface area contributed by atoms with Crippen molar-refractivity contribution >= 4 is 11.8 Å².